The third kappa shape index (κ3) is 4.17. The number of rotatable bonds is 4. The number of hydrogen-bond donors (Lipinski definition) is 1. The maximum absolute atomic E-state index is 13.7. The first-order valence-corrected chi connectivity index (χ1v) is 7.58. The van der Waals surface area contributed by atoms with E-state index in [9.17, 15) is 9.18 Å². The number of nitrogens with zero attached hydrogens (tertiary/aromatic N) is 2. The van der Waals surface area contributed by atoms with Gasteiger partial charge in [-0.05, 0) is 32.4 Å². The molecule has 1 aromatic rings. The molecule has 2 amide bonds. The summed E-state index contributed by atoms with van der Waals surface area (Å²) in [5.41, 5.74) is 0.721. The van der Waals surface area contributed by atoms with E-state index in [0.29, 0.717) is 13.1 Å². The zero-order valence-electron chi connectivity index (χ0n) is 12.8. The summed E-state index contributed by atoms with van der Waals surface area (Å²) in [6.45, 7) is 4.90. The van der Waals surface area contributed by atoms with E-state index < -0.39 is 0 Å². The number of carbonyl (C=O) groups is 1. The highest BCUT2D eigenvalue weighted by Gasteiger charge is 2.26. The number of halogens is 1. The summed E-state index contributed by atoms with van der Waals surface area (Å²) in [6, 6.07) is 7.05. The van der Waals surface area contributed by atoms with Crippen LogP contribution in [0.4, 0.5) is 9.18 Å². The molecule has 0 bridgehead atoms. The quantitative estimate of drug-likeness (QED) is 0.925. The first kappa shape index (κ1) is 15.8. The Morgan fingerprint density at radius 3 is 2.95 bits per heavy atom. The van der Waals surface area contributed by atoms with Gasteiger partial charge < -0.3 is 10.2 Å². The fourth-order valence-corrected chi connectivity index (χ4v) is 2.80. The first-order valence-electron chi connectivity index (χ1n) is 7.58. The van der Waals surface area contributed by atoms with Crippen LogP contribution in [0.25, 0.3) is 0 Å². The number of likely N-dealkylation sites (N-methyl/N-ethyl adjacent to an activating group) is 1. The van der Waals surface area contributed by atoms with E-state index in [2.05, 4.69) is 10.2 Å². The fourth-order valence-electron chi connectivity index (χ4n) is 2.80. The van der Waals surface area contributed by atoms with Crippen LogP contribution in [0, 0.1) is 5.82 Å². The summed E-state index contributed by atoms with van der Waals surface area (Å²) in [6.07, 6.45) is 2.03. The number of amides is 2. The molecule has 0 spiro atoms. The fraction of sp³-hybridized carbons (Fsp3) is 0.562. The number of carbonyl (C=O) groups excluding carboxylic acids is 1. The van der Waals surface area contributed by atoms with Crippen LogP contribution in [0.15, 0.2) is 24.3 Å². The molecule has 21 heavy (non-hydrogen) atoms. The molecule has 4 nitrogen and oxygen atoms in total. The topological polar surface area (TPSA) is 35.6 Å². The molecule has 116 valence electrons. The highest BCUT2D eigenvalue weighted by molar-refractivity contribution is 5.74. The Morgan fingerprint density at radius 2 is 2.24 bits per heavy atom. The molecule has 1 aromatic carbocycles. The molecule has 5 heteroatoms. The van der Waals surface area contributed by atoms with Crippen LogP contribution < -0.4 is 5.32 Å². The second kappa shape index (κ2) is 7.41. The molecule has 1 aliphatic heterocycles. The SMILES string of the molecule is CCNC(=O)N(C)[C@H]1CCCN(Cc2ccccc2F)C1. The molecular formula is C16H24FN3O. The van der Waals surface area contributed by atoms with Gasteiger partial charge in [0.15, 0.2) is 0 Å². The zero-order valence-corrected chi connectivity index (χ0v) is 12.8. The first-order chi connectivity index (χ1) is 10.1. The molecule has 0 unspecified atom stereocenters. The van der Waals surface area contributed by atoms with Gasteiger partial charge in [0.05, 0.1) is 0 Å². The standard InChI is InChI=1S/C16H24FN3O/c1-3-18-16(21)19(2)14-8-6-10-20(12-14)11-13-7-4-5-9-15(13)17/h4-5,7,9,14H,3,6,8,10-12H2,1-2H3,(H,18,21)/t14-/m0/s1. The van der Waals surface area contributed by atoms with Gasteiger partial charge in [-0.15, -0.1) is 0 Å². The van der Waals surface area contributed by atoms with Crippen molar-refractivity contribution in [2.75, 3.05) is 26.7 Å². The number of likely N-dealkylation sites (tertiary alicyclic amines) is 1. The van der Waals surface area contributed by atoms with Crippen LogP contribution >= 0.6 is 0 Å². The van der Waals surface area contributed by atoms with Gasteiger partial charge >= 0.3 is 6.03 Å². The van der Waals surface area contributed by atoms with Gasteiger partial charge in [0, 0.05) is 38.3 Å². The average molecular weight is 293 g/mol. The number of hydrogen-bond acceptors (Lipinski definition) is 2. The van der Waals surface area contributed by atoms with Crippen LogP contribution in [-0.4, -0.2) is 48.6 Å². The van der Waals surface area contributed by atoms with Gasteiger partial charge in [-0.25, -0.2) is 9.18 Å². The van der Waals surface area contributed by atoms with Gasteiger partial charge in [-0.1, -0.05) is 18.2 Å². The Morgan fingerprint density at radius 1 is 1.48 bits per heavy atom. The number of urea groups is 1. The second-order valence-electron chi connectivity index (χ2n) is 5.57. The molecule has 0 aromatic heterocycles. The molecule has 0 saturated carbocycles. The van der Waals surface area contributed by atoms with Crippen molar-refractivity contribution in [2.24, 2.45) is 0 Å². The molecule has 0 radical (unpaired) electrons. The predicted octanol–water partition coefficient (Wildman–Crippen LogP) is 2.45. The largest absolute Gasteiger partial charge is 0.338 e. The normalized spacial score (nSPS) is 19.3. The Hall–Kier alpha value is -1.62. The smallest absolute Gasteiger partial charge is 0.317 e. The van der Waals surface area contributed by atoms with E-state index in [0.717, 1.165) is 31.5 Å². The van der Waals surface area contributed by atoms with Gasteiger partial charge in [-0.2, -0.15) is 0 Å². The molecule has 0 aliphatic carbocycles. The molecule has 1 fully saturated rings. The Balaban J connectivity index is 1.94. The molecule has 1 heterocycles. The Bertz CT molecular complexity index is 480. The summed E-state index contributed by atoms with van der Waals surface area (Å²) >= 11 is 0. The summed E-state index contributed by atoms with van der Waals surface area (Å²) in [4.78, 5) is 15.9. The highest BCUT2D eigenvalue weighted by Crippen LogP contribution is 2.18. The maximum atomic E-state index is 13.7. The van der Waals surface area contributed by atoms with Crippen molar-refractivity contribution in [1.29, 1.82) is 0 Å². The lowest BCUT2D eigenvalue weighted by molar-refractivity contribution is 0.121. The van der Waals surface area contributed by atoms with Gasteiger partial charge in [0.1, 0.15) is 5.82 Å². The van der Waals surface area contributed by atoms with E-state index >= 15 is 0 Å². The van der Waals surface area contributed by atoms with Crippen molar-refractivity contribution in [3.05, 3.63) is 35.6 Å². The van der Waals surface area contributed by atoms with Crippen molar-refractivity contribution in [2.45, 2.75) is 32.4 Å². The summed E-state index contributed by atoms with van der Waals surface area (Å²) < 4.78 is 13.7. The number of piperidine rings is 1. The van der Waals surface area contributed by atoms with Crippen LogP contribution in [0.1, 0.15) is 25.3 Å². The van der Waals surface area contributed by atoms with Gasteiger partial charge in [0.25, 0.3) is 0 Å². The molecule has 2 rings (SSSR count). The van der Waals surface area contributed by atoms with Crippen molar-refractivity contribution < 1.29 is 9.18 Å². The lowest BCUT2D eigenvalue weighted by Crippen LogP contribution is -2.51. The molecule has 1 N–H and O–H groups in total. The monoisotopic (exact) mass is 293 g/mol. The molecule has 1 saturated heterocycles. The lowest BCUT2D eigenvalue weighted by Gasteiger charge is -2.37. The number of benzene rings is 1. The summed E-state index contributed by atoms with van der Waals surface area (Å²) in [5, 5.41) is 2.82. The number of nitrogens with one attached hydrogen (secondary N) is 1. The van der Waals surface area contributed by atoms with E-state index in [1.54, 1.807) is 11.0 Å². The average Bonchev–Trinajstić information content (AvgIpc) is 2.49. The van der Waals surface area contributed by atoms with E-state index in [-0.39, 0.29) is 17.9 Å². The maximum Gasteiger partial charge on any atom is 0.317 e. The predicted molar refractivity (Wildman–Crippen MR) is 81.5 cm³/mol. The van der Waals surface area contributed by atoms with E-state index in [1.165, 1.54) is 6.07 Å². The van der Waals surface area contributed by atoms with Crippen LogP contribution in [0.2, 0.25) is 0 Å². The van der Waals surface area contributed by atoms with Gasteiger partial charge in [0.2, 0.25) is 0 Å². The van der Waals surface area contributed by atoms with Crippen LogP contribution in [0.5, 0.6) is 0 Å². The molecule has 1 aliphatic rings. The third-order valence-corrected chi connectivity index (χ3v) is 4.03. The molecular weight excluding hydrogens is 269 g/mol. The minimum absolute atomic E-state index is 0.0322. The Kier molecular flexibility index (Phi) is 5.56. The molecule has 1 atom stereocenters. The summed E-state index contributed by atoms with van der Waals surface area (Å²) in [7, 11) is 1.84. The second-order valence-corrected chi connectivity index (χ2v) is 5.57. The Labute approximate surface area is 125 Å². The van der Waals surface area contributed by atoms with Crippen molar-refractivity contribution in [3.8, 4) is 0 Å². The highest BCUT2D eigenvalue weighted by atomic mass is 19.1. The van der Waals surface area contributed by atoms with Gasteiger partial charge in [-0.3, -0.25) is 4.90 Å². The van der Waals surface area contributed by atoms with E-state index in [4.69, 9.17) is 0 Å². The van der Waals surface area contributed by atoms with Crippen LogP contribution in [-0.2, 0) is 6.54 Å². The zero-order chi connectivity index (χ0) is 15.2. The van der Waals surface area contributed by atoms with Crippen molar-refractivity contribution in [1.82, 2.24) is 15.1 Å². The summed E-state index contributed by atoms with van der Waals surface area (Å²) in [5.74, 6) is -0.156. The lowest BCUT2D eigenvalue weighted by atomic mass is 10.0. The van der Waals surface area contributed by atoms with Crippen molar-refractivity contribution >= 4 is 6.03 Å². The van der Waals surface area contributed by atoms with Crippen molar-refractivity contribution in [3.63, 3.8) is 0 Å². The minimum atomic E-state index is -0.156. The van der Waals surface area contributed by atoms with E-state index in [1.807, 2.05) is 26.1 Å². The third-order valence-electron chi connectivity index (χ3n) is 4.03. The van der Waals surface area contributed by atoms with Crippen LogP contribution in [0.3, 0.4) is 0 Å². The minimum Gasteiger partial charge on any atom is -0.338 e.